The number of carbonyl (C=O) groups is 1. The number of esters is 1. The van der Waals surface area contributed by atoms with Crippen molar-refractivity contribution in [1.29, 1.82) is 0 Å². The zero-order valence-electron chi connectivity index (χ0n) is 12.2. The van der Waals surface area contributed by atoms with E-state index in [2.05, 4.69) is 20.9 Å². The maximum Gasteiger partial charge on any atom is 0.312 e. The van der Waals surface area contributed by atoms with Crippen LogP contribution in [0.3, 0.4) is 0 Å². The summed E-state index contributed by atoms with van der Waals surface area (Å²) in [6.45, 7) is 0.280. The van der Waals surface area contributed by atoms with Crippen LogP contribution in [0.2, 0.25) is 0 Å². The average molecular weight is 388 g/mol. The Morgan fingerprint density at radius 2 is 1.83 bits per heavy atom. The molecule has 23 heavy (non-hydrogen) atoms. The van der Waals surface area contributed by atoms with Gasteiger partial charge in [0.25, 0.3) is 0 Å². The first-order valence-corrected chi connectivity index (χ1v) is 8.78. The van der Waals surface area contributed by atoms with Gasteiger partial charge in [-0.1, -0.05) is 58.4 Å². The van der Waals surface area contributed by atoms with Crippen molar-refractivity contribution in [2.75, 3.05) is 0 Å². The molecule has 0 bridgehead atoms. The zero-order valence-corrected chi connectivity index (χ0v) is 14.6. The lowest BCUT2D eigenvalue weighted by Crippen LogP contribution is -2.08. The number of carbonyl (C=O) groups excluding carboxylic acids is 1. The van der Waals surface area contributed by atoms with E-state index in [-0.39, 0.29) is 19.0 Å². The number of benzene rings is 2. The van der Waals surface area contributed by atoms with Crippen LogP contribution >= 0.6 is 27.3 Å². The first-order chi connectivity index (χ1) is 11.2. The molecule has 0 spiro atoms. The van der Waals surface area contributed by atoms with Crippen molar-refractivity contribution in [3.8, 4) is 10.6 Å². The van der Waals surface area contributed by atoms with Crippen LogP contribution in [0, 0.1) is 0 Å². The SMILES string of the molecule is O=C(Cc1csc(-c2ccccc2)n1)OCc1ccc(Br)cc1. The monoisotopic (exact) mass is 387 g/mol. The lowest BCUT2D eigenvalue weighted by molar-refractivity contribution is -0.144. The molecule has 0 saturated carbocycles. The van der Waals surface area contributed by atoms with Crippen molar-refractivity contribution in [2.24, 2.45) is 0 Å². The Morgan fingerprint density at radius 3 is 2.57 bits per heavy atom. The van der Waals surface area contributed by atoms with Crippen LogP contribution in [0.15, 0.2) is 64.5 Å². The van der Waals surface area contributed by atoms with Crippen molar-refractivity contribution in [3.63, 3.8) is 0 Å². The van der Waals surface area contributed by atoms with Crippen molar-refractivity contribution < 1.29 is 9.53 Å². The van der Waals surface area contributed by atoms with E-state index in [1.165, 1.54) is 11.3 Å². The predicted octanol–water partition coefficient (Wildman–Crippen LogP) is 4.86. The van der Waals surface area contributed by atoms with E-state index in [4.69, 9.17) is 4.74 Å². The molecule has 0 fully saturated rings. The Balaban J connectivity index is 1.56. The van der Waals surface area contributed by atoms with E-state index in [1.807, 2.05) is 60.0 Å². The van der Waals surface area contributed by atoms with Crippen molar-refractivity contribution in [2.45, 2.75) is 13.0 Å². The lowest BCUT2D eigenvalue weighted by Gasteiger charge is -2.04. The largest absolute Gasteiger partial charge is 0.461 e. The van der Waals surface area contributed by atoms with E-state index in [0.29, 0.717) is 0 Å². The molecule has 0 N–H and O–H groups in total. The van der Waals surface area contributed by atoms with Crippen LogP contribution < -0.4 is 0 Å². The number of hydrogen-bond donors (Lipinski definition) is 0. The third kappa shape index (κ3) is 4.50. The highest BCUT2D eigenvalue weighted by atomic mass is 79.9. The van der Waals surface area contributed by atoms with Gasteiger partial charge in [-0.05, 0) is 17.7 Å². The normalized spacial score (nSPS) is 10.5. The third-order valence-electron chi connectivity index (χ3n) is 3.21. The molecule has 1 aromatic heterocycles. The fourth-order valence-electron chi connectivity index (χ4n) is 2.04. The molecule has 116 valence electrons. The summed E-state index contributed by atoms with van der Waals surface area (Å²) in [5, 5.41) is 2.82. The molecule has 0 aliphatic rings. The zero-order chi connectivity index (χ0) is 16.1. The summed E-state index contributed by atoms with van der Waals surface area (Å²) in [6.07, 6.45) is 0.194. The molecule has 3 nitrogen and oxygen atoms in total. The summed E-state index contributed by atoms with van der Waals surface area (Å²) >= 11 is 4.91. The third-order valence-corrected chi connectivity index (χ3v) is 4.68. The molecule has 0 aliphatic heterocycles. The van der Waals surface area contributed by atoms with Crippen LogP contribution in [0.4, 0.5) is 0 Å². The number of rotatable bonds is 5. The van der Waals surface area contributed by atoms with Gasteiger partial charge in [-0.2, -0.15) is 0 Å². The van der Waals surface area contributed by atoms with Crippen LogP contribution in [0.25, 0.3) is 10.6 Å². The second-order valence-corrected chi connectivity index (χ2v) is 6.75. The number of aromatic nitrogens is 1. The summed E-state index contributed by atoms with van der Waals surface area (Å²) in [5.41, 5.74) is 2.77. The topological polar surface area (TPSA) is 39.2 Å². The fraction of sp³-hybridized carbons (Fsp3) is 0.111. The molecule has 0 radical (unpaired) electrons. The van der Waals surface area contributed by atoms with Gasteiger partial charge in [0, 0.05) is 15.4 Å². The molecule has 3 aromatic rings. The molecule has 0 amide bonds. The van der Waals surface area contributed by atoms with Gasteiger partial charge in [-0.15, -0.1) is 11.3 Å². The van der Waals surface area contributed by atoms with Gasteiger partial charge in [0.2, 0.25) is 0 Å². The second kappa shape index (κ2) is 7.53. The highest BCUT2D eigenvalue weighted by Gasteiger charge is 2.10. The molecule has 0 aliphatic carbocycles. The van der Waals surface area contributed by atoms with E-state index in [1.54, 1.807) is 0 Å². The van der Waals surface area contributed by atoms with E-state index in [0.717, 1.165) is 26.3 Å². The number of nitrogens with zero attached hydrogens (tertiary/aromatic N) is 1. The Kier molecular flexibility index (Phi) is 5.20. The molecular formula is C18H14BrNO2S. The summed E-state index contributed by atoms with van der Waals surface area (Å²) in [5.74, 6) is -0.266. The smallest absolute Gasteiger partial charge is 0.312 e. The van der Waals surface area contributed by atoms with Gasteiger partial charge in [-0.3, -0.25) is 4.79 Å². The standard InChI is InChI=1S/C18H14BrNO2S/c19-15-8-6-13(7-9-15)11-22-17(21)10-16-12-23-18(20-16)14-4-2-1-3-5-14/h1-9,12H,10-11H2. The minimum absolute atomic E-state index is 0.194. The summed E-state index contributed by atoms with van der Waals surface area (Å²) in [6, 6.07) is 17.6. The Hall–Kier alpha value is -1.98. The maximum absolute atomic E-state index is 11.9. The first-order valence-electron chi connectivity index (χ1n) is 7.10. The molecule has 0 saturated heterocycles. The van der Waals surface area contributed by atoms with Crippen LogP contribution in [0.1, 0.15) is 11.3 Å². The molecule has 2 aromatic carbocycles. The first kappa shape index (κ1) is 15.9. The van der Waals surface area contributed by atoms with Gasteiger partial charge in [0.1, 0.15) is 11.6 Å². The minimum Gasteiger partial charge on any atom is -0.461 e. The highest BCUT2D eigenvalue weighted by Crippen LogP contribution is 2.23. The van der Waals surface area contributed by atoms with Crippen LogP contribution in [-0.2, 0) is 22.6 Å². The Morgan fingerprint density at radius 1 is 1.09 bits per heavy atom. The van der Waals surface area contributed by atoms with Gasteiger partial charge < -0.3 is 4.74 Å². The molecule has 5 heteroatoms. The van der Waals surface area contributed by atoms with Crippen molar-refractivity contribution in [1.82, 2.24) is 4.98 Å². The van der Waals surface area contributed by atoms with Gasteiger partial charge in [0.05, 0.1) is 12.1 Å². The second-order valence-electron chi connectivity index (χ2n) is 4.97. The minimum atomic E-state index is -0.266. The summed E-state index contributed by atoms with van der Waals surface area (Å²) in [7, 11) is 0. The molecule has 1 heterocycles. The molecule has 0 atom stereocenters. The van der Waals surface area contributed by atoms with Gasteiger partial charge >= 0.3 is 5.97 Å². The Bertz CT molecular complexity index is 784. The van der Waals surface area contributed by atoms with Gasteiger partial charge in [-0.25, -0.2) is 4.98 Å². The van der Waals surface area contributed by atoms with E-state index < -0.39 is 0 Å². The van der Waals surface area contributed by atoms with E-state index in [9.17, 15) is 4.79 Å². The quantitative estimate of drug-likeness (QED) is 0.586. The lowest BCUT2D eigenvalue weighted by atomic mass is 10.2. The van der Waals surface area contributed by atoms with E-state index >= 15 is 0 Å². The number of ether oxygens (including phenoxy) is 1. The molecule has 3 rings (SSSR count). The van der Waals surface area contributed by atoms with Crippen LogP contribution in [-0.4, -0.2) is 11.0 Å². The maximum atomic E-state index is 11.9. The highest BCUT2D eigenvalue weighted by molar-refractivity contribution is 9.10. The predicted molar refractivity (Wildman–Crippen MR) is 95.2 cm³/mol. The van der Waals surface area contributed by atoms with Gasteiger partial charge in [0.15, 0.2) is 0 Å². The Labute approximate surface area is 147 Å². The molecule has 0 unspecified atom stereocenters. The molecular weight excluding hydrogens is 374 g/mol. The summed E-state index contributed by atoms with van der Waals surface area (Å²) in [4.78, 5) is 16.4. The average Bonchev–Trinajstić information content (AvgIpc) is 3.04. The number of halogens is 1. The van der Waals surface area contributed by atoms with Crippen LogP contribution in [0.5, 0.6) is 0 Å². The van der Waals surface area contributed by atoms with Crippen molar-refractivity contribution in [3.05, 3.63) is 75.7 Å². The fourth-order valence-corrected chi connectivity index (χ4v) is 3.14. The number of hydrogen-bond acceptors (Lipinski definition) is 4. The number of thiazole rings is 1. The van der Waals surface area contributed by atoms with Crippen molar-refractivity contribution >= 4 is 33.2 Å². The summed E-state index contributed by atoms with van der Waals surface area (Å²) < 4.78 is 6.30.